The van der Waals surface area contributed by atoms with Gasteiger partial charge in [-0.05, 0) is 0 Å². The molecule has 0 radical (unpaired) electrons. The second-order valence-electron chi connectivity index (χ2n) is 6.09. The Kier molecular flexibility index (Phi) is 5.10. The van der Waals surface area contributed by atoms with E-state index in [9.17, 15) is 4.79 Å². The average molecular weight is 420 g/mol. The summed E-state index contributed by atoms with van der Waals surface area (Å²) in [4.78, 5) is 15.7. The van der Waals surface area contributed by atoms with Crippen molar-refractivity contribution >= 4 is 40.8 Å². The van der Waals surface area contributed by atoms with Crippen molar-refractivity contribution in [2.24, 2.45) is 0 Å². The molecule has 0 atom stereocenters. The zero-order chi connectivity index (χ0) is 18.6. The van der Waals surface area contributed by atoms with Crippen LogP contribution in [-0.2, 0) is 4.74 Å². The van der Waals surface area contributed by atoms with Crippen molar-refractivity contribution in [3.63, 3.8) is 0 Å². The predicted octanol–water partition coefficient (Wildman–Crippen LogP) is 3.67. The number of fused-ring (bicyclic) bond motifs is 1. The molecule has 4 rings (SSSR count). The molecule has 0 aliphatic heterocycles. The fourth-order valence-corrected chi connectivity index (χ4v) is 5.32. The molecule has 4 heteroatoms. The average Bonchev–Trinajstić information content (AvgIpc) is 3.07. The van der Waals surface area contributed by atoms with Crippen LogP contribution in [0.25, 0.3) is 22.2 Å². The number of carbonyl (C=O) groups is 1. The second kappa shape index (κ2) is 7.83. The standard InChI is InChI=1S/C23H19NO2Se/c1-2-26-23(25)17-13-14-19-20(15-17)24-21(16-9-5-3-6-10-16)22(19)27-18-11-7-4-8-12-18/h3-15,24H,2H2,1H3. The summed E-state index contributed by atoms with van der Waals surface area (Å²) in [6.07, 6.45) is 0. The van der Waals surface area contributed by atoms with Crippen LogP contribution in [0, 0.1) is 0 Å². The first-order valence-electron chi connectivity index (χ1n) is 8.87. The zero-order valence-electron chi connectivity index (χ0n) is 14.9. The number of aromatic nitrogens is 1. The Hall–Kier alpha value is -2.81. The van der Waals surface area contributed by atoms with Gasteiger partial charge in [-0.15, -0.1) is 0 Å². The van der Waals surface area contributed by atoms with Crippen LogP contribution >= 0.6 is 0 Å². The predicted molar refractivity (Wildman–Crippen MR) is 111 cm³/mol. The Bertz CT molecular complexity index is 1070. The van der Waals surface area contributed by atoms with Gasteiger partial charge < -0.3 is 0 Å². The summed E-state index contributed by atoms with van der Waals surface area (Å²) < 4.78 is 7.76. The van der Waals surface area contributed by atoms with Crippen molar-refractivity contribution in [3.8, 4) is 11.3 Å². The van der Waals surface area contributed by atoms with Gasteiger partial charge in [0.25, 0.3) is 0 Å². The van der Waals surface area contributed by atoms with Gasteiger partial charge in [0.1, 0.15) is 0 Å². The third kappa shape index (κ3) is 3.68. The maximum atomic E-state index is 12.1. The third-order valence-electron chi connectivity index (χ3n) is 4.29. The third-order valence-corrected chi connectivity index (χ3v) is 6.67. The SMILES string of the molecule is CCOC(=O)c1ccc2c([Se]c3ccccc3)c(-c3ccccc3)[nH]c2c1. The van der Waals surface area contributed by atoms with Gasteiger partial charge in [0, 0.05) is 0 Å². The van der Waals surface area contributed by atoms with Crippen LogP contribution in [0.1, 0.15) is 17.3 Å². The van der Waals surface area contributed by atoms with Crippen molar-refractivity contribution < 1.29 is 9.53 Å². The quantitative estimate of drug-likeness (QED) is 0.396. The van der Waals surface area contributed by atoms with Gasteiger partial charge in [-0.2, -0.15) is 0 Å². The molecule has 3 nitrogen and oxygen atoms in total. The van der Waals surface area contributed by atoms with Crippen molar-refractivity contribution in [3.05, 3.63) is 84.4 Å². The minimum atomic E-state index is -0.287. The van der Waals surface area contributed by atoms with E-state index >= 15 is 0 Å². The number of ether oxygens (including phenoxy) is 1. The van der Waals surface area contributed by atoms with Crippen molar-refractivity contribution in [2.45, 2.75) is 6.92 Å². The summed E-state index contributed by atoms with van der Waals surface area (Å²) >= 11 is 0.149. The number of hydrogen-bond donors (Lipinski definition) is 1. The molecule has 0 aliphatic rings. The second-order valence-corrected chi connectivity index (χ2v) is 8.36. The Labute approximate surface area is 164 Å². The number of carbonyl (C=O) groups excluding carboxylic acids is 1. The Balaban J connectivity index is 1.85. The summed E-state index contributed by atoms with van der Waals surface area (Å²) in [7, 11) is 0. The molecular weight excluding hydrogens is 401 g/mol. The van der Waals surface area contributed by atoms with Crippen molar-refractivity contribution in [2.75, 3.05) is 6.61 Å². The number of H-pyrrole nitrogens is 1. The summed E-state index contributed by atoms with van der Waals surface area (Å²) in [5, 5.41) is 1.16. The molecule has 0 fully saturated rings. The van der Waals surface area contributed by atoms with Crippen LogP contribution in [-0.4, -0.2) is 32.5 Å². The Morgan fingerprint density at radius 3 is 2.37 bits per heavy atom. The summed E-state index contributed by atoms with van der Waals surface area (Å²) in [6.45, 7) is 2.19. The Morgan fingerprint density at radius 2 is 1.67 bits per heavy atom. The summed E-state index contributed by atoms with van der Waals surface area (Å²) in [5.74, 6) is -0.287. The first-order valence-corrected chi connectivity index (χ1v) is 10.6. The normalized spacial score (nSPS) is 10.9. The first-order chi connectivity index (χ1) is 13.3. The van der Waals surface area contributed by atoms with Crippen LogP contribution in [0.4, 0.5) is 0 Å². The van der Waals surface area contributed by atoms with Gasteiger partial charge in [0.2, 0.25) is 0 Å². The van der Waals surface area contributed by atoms with Crippen LogP contribution in [0.2, 0.25) is 0 Å². The molecule has 0 amide bonds. The van der Waals surface area contributed by atoms with Gasteiger partial charge in [-0.1, -0.05) is 0 Å². The molecule has 1 aromatic heterocycles. The minimum absolute atomic E-state index is 0.149. The number of benzene rings is 3. The molecule has 134 valence electrons. The monoisotopic (exact) mass is 421 g/mol. The fraction of sp³-hybridized carbons (Fsp3) is 0.0870. The van der Waals surface area contributed by atoms with Crippen LogP contribution in [0.15, 0.2) is 78.9 Å². The number of nitrogens with one attached hydrogen (secondary N) is 1. The number of rotatable bonds is 5. The summed E-state index contributed by atoms with van der Waals surface area (Å²) in [6, 6.07) is 26.6. The van der Waals surface area contributed by atoms with E-state index in [-0.39, 0.29) is 20.9 Å². The molecule has 0 saturated carbocycles. The van der Waals surface area contributed by atoms with Crippen molar-refractivity contribution in [1.29, 1.82) is 0 Å². The molecule has 1 heterocycles. The van der Waals surface area contributed by atoms with Gasteiger partial charge in [-0.3, -0.25) is 0 Å². The molecule has 27 heavy (non-hydrogen) atoms. The van der Waals surface area contributed by atoms with E-state index in [1.165, 1.54) is 8.92 Å². The van der Waals surface area contributed by atoms with Crippen LogP contribution in [0.5, 0.6) is 0 Å². The molecule has 4 aromatic rings. The van der Waals surface area contributed by atoms with E-state index in [0.717, 1.165) is 22.2 Å². The van der Waals surface area contributed by atoms with E-state index in [1.807, 2.05) is 49.4 Å². The maximum absolute atomic E-state index is 12.1. The van der Waals surface area contributed by atoms with Gasteiger partial charge in [-0.25, -0.2) is 0 Å². The number of aromatic amines is 1. The van der Waals surface area contributed by atoms with E-state index in [2.05, 4.69) is 41.4 Å². The molecule has 0 aliphatic carbocycles. The van der Waals surface area contributed by atoms with Crippen LogP contribution in [0.3, 0.4) is 0 Å². The molecule has 0 unspecified atom stereocenters. The van der Waals surface area contributed by atoms with E-state index < -0.39 is 0 Å². The van der Waals surface area contributed by atoms with Gasteiger partial charge >= 0.3 is 164 Å². The first kappa shape index (κ1) is 17.6. The molecule has 0 saturated heterocycles. The van der Waals surface area contributed by atoms with E-state index in [0.29, 0.717) is 12.2 Å². The fourth-order valence-electron chi connectivity index (χ4n) is 3.03. The van der Waals surface area contributed by atoms with E-state index in [1.54, 1.807) is 0 Å². The molecule has 1 N–H and O–H groups in total. The molecular formula is C23H19NO2Se. The van der Waals surface area contributed by atoms with Gasteiger partial charge in [0.05, 0.1) is 0 Å². The molecule has 0 bridgehead atoms. The molecule has 3 aromatic carbocycles. The van der Waals surface area contributed by atoms with E-state index in [4.69, 9.17) is 4.74 Å². The Morgan fingerprint density at radius 1 is 0.963 bits per heavy atom. The van der Waals surface area contributed by atoms with Gasteiger partial charge in [0.15, 0.2) is 0 Å². The van der Waals surface area contributed by atoms with Crippen molar-refractivity contribution in [1.82, 2.24) is 4.98 Å². The zero-order valence-corrected chi connectivity index (χ0v) is 16.7. The number of esters is 1. The summed E-state index contributed by atoms with van der Waals surface area (Å²) in [5.41, 5.74) is 3.81. The van der Waals surface area contributed by atoms with Crippen LogP contribution < -0.4 is 8.92 Å². The molecule has 0 spiro atoms. The topological polar surface area (TPSA) is 42.1 Å². The number of hydrogen-bond acceptors (Lipinski definition) is 2.